The number of benzene rings is 2. The standard InChI is InChI=1S/C20H22N2O7/c1-4-27-16-9-7-15(8-10-16)21-19(23)13(3)29-20(24)14-6-11-18(28-5-2)17(12-14)22(25)26/h6-13H,4-5H2,1-3H3,(H,21,23)/t13-/m0/s1. The van der Waals surface area contributed by atoms with Crippen LogP contribution in [0, 0.1) is 10.1 Å². The molecule has 9 heteroatoms. The Balaban J connectivity index is 2.02. The largest absolute Gasteiger partial charge is 0.494 e. The third-order valence-electron chi connectivity index (χ3n) is 3.78. The summed E-state index contributed by atoms with van der Waals surface area (Å²) >= 11 is 0. The highest BCUT2D eigenvalue weighted by Gasteiger charge is 2.23. The first kappa shape index (κ1) is 21.7. The van der Waals surface area contributed by atoms with E-state index in [0.717, 1.165) is 6.07 Å². The Morgan fingerprint density at radius 1 is 1.07 bits per heavy atom. The normalized spacial score (nSPS) is 11.3. The molecule has 29 heavy (non-hydrogen) atoms. The van der Waals surface area contributed by atoms with E-state index < -0.39 is 22.9 Å². The van der Waals surface area contributed by atoms with Crippen LogP contribution in [-0.2, 0) is 9.53 Å². The Labute approximate surface area is 167 Å². The summed E-state index contributed by atoms with van der Waals surface area (Å²) < 4.78 is 15.6. The van der Waals surface area contributed by atoms with E-state index in [4.69, 9.17) is 14.2 Å². The molecule has 0 heterocycles. The number of rotatable bonds is 9. The summed E-state index contributed by atoms with van der Waals surface area (Å²) in [5.74, 6) is -0.675. The molecule has 154 valence electrons. The maximum atomic E-state index is 12.3. The Morgan fingerprint density at radius 2 is 1.72 bits per heavy atom. The lowest BCUT2D eigenvalue weighted by Crippen LogP contribution is -2.30. The van der Waals surface area contributed by atoms with E-state index in [-0.39, 0.29) is 23.6 Å². The van der Waals surface area contributed by atoms with Gasteiger partial charge in [0.05, 0.1) is 23.7 Å². The molecule has 0 bridgehead atoms. The predicted molar refractivity (Wildman–Crippen MR) is 105 cm³/mol. The average Bonchev–Trinajstić information content (AvgIpc) is 2.69. The molecule has 0 aliphatic carbocycles. The number of hydrogen-bond acceptors (Lipinski definition) is 7. The number of nitrogens with zero attached hydrogens (tertiary/aromatic N) is 1. The van der Waals surface area contributed by atoms with Gasteiger partial charge in [0.1, 0.15) is 5.75 Å². The summed E-state index contributed by atoms with van der Waals surface area (Å²) in [7, 11) is 0. The van der Waals surface area contributed by atoms with Crippen LogP contribution < -0.4 is 14.8 Å². The van der Waals surface area contributed by atoms with E-state index in [2.05, 4.69) is 5.32 Å². The highest BCUT2D eigenvalue weighted by Crippen LogP contribution is 2.28. The van der Waals surface area contributed by atoms with Crippen LogP contribution in [-0.4, -0.2) is 36.1 Å². The van der Waals surface area contributed by atoms with Gasteiger partial charge < -0.3 is 19.5 Å². The fourth-order valence-electron chi connectivity index (χ4n) is 2.39. The minimum Gasteiger partial charge on any atom is -0.494 e. The lowest BCUT2D eigenvalue weighted by Gasteiger charge is -2.14. The van der Waals surface area contributed by atoms with E-state index in [1.54, 1.807) is 31.2 Å². The van der Waals surface area contributed by atoms with E-state index >= 15 is 0 Å². The van der Waals surface area contributed by atoms with E-state index in [1.807, 2.05) is 6.92 Å². The van der Waals surface area contributed by atoms with Crippen molar-refractivity contribution >= 4 is 23.3 Å². The molecule has 9 nitrogen and oxygen atoms in total. The van der Waals surface area contributed by atoms with Crippen molar-refractivity contribution < 1.29 is 28.7 Å². The van der Waals surface area contributed by atoms with Gasteiger partial charge in [0.15, 0.2) is 11.9 Å². The maximum absolute atomic E-state index is 12.3. The fourth-order valence-corrected chi connectivity index (χ4v) is 2.39. The van der Waals surface area contributed by atoms with Gasteiger partial charge in [-0.3, -0.25) is 14.9 Å². The molecule has 0 unspecified atom stereocenters. The summed E-state index contributed by atoms with van der Waals surface area (Å²) in [5, 5.41) is 13.8. The molecule has 0 radical (unpaired) electrons. The second-order valence-corrected chi connectivity index (χ2v) is 5.87. The summed E-state index contributed by atoms with van der Waals surface area (Å²) in [5.41, 5.74) is 0.103. The van der Waals surface area contributed by atoms with E-state index in [0.29, 0.717) is 18.0 Å². The van der Waals surface area contributed by atoms with Gasteiger partial charge in [0.25, 0.3) is 5.91 Å². The molecular weight excluding hydrogens is 380 g/mol. The zero-order valence-electron chi connectivity index (χ0n) is 16.3. The van der Waals surface area contributed by atoms with Gasteiger partial charge in [-0.25, -0.2) is 4.79 Å². The number of nitro benzene ring substituents is 1. The minimum absolute atomic E-state index is 0.0512. The molecule has 1 N–H and O–H groups in total. The molecule has 1 amide bonds. The number of amides is 1. The Morgan fingerprint density at radius 3 is 2.31 bits per heavy atom. The van der Waals surface area contributed by atoms with E-state index in [9.17, 15) is 19.7 Å². The number of nitro groups is 1. The quantitative estimate of drug-likeness (QED) is 0.387. The van der Waals surface area contributed by atoms with Gasteiger partial charge in [-0.05, 0) is 57.2 Å². The van der Waals surface area contributed by atoms with Crippen LogP contribution >= 0.6 is 0 Å². The number of ether oxygens (including phenoxy) is 3. The number of esters is 1. The Bertz CT molecular complexity index is 881. The topological polar surface area (TPSA) is 117 Å². The van der Waals surface area contributed by atoms with E-state index in [1.165, 1.54) is 19.1 Å². The lowest BCUT2D eigenvalue weighted by molar-refractivity contribution is -0.385. The Hall–Kier alpha value is -3.62. The summed E-state index contributed by atoms with van der Waals surface area (Å²) in [6, 6.07) is 10.5. The molecule has 0 saturated carbocycles. The molecule has 0 aromatic heterocycles. The van der Waals surface area contributed by atoms with Crippen LogP contribution in [0.4, 0.5) is 11.4 Å². The number of anilines is 1. The molecule has 2 aromatic carbocycles. The van der Waals surface area contributed by atoms with Gasteiger partial charge in [-0.1, -0.05) is 0 Å². The monoisotopic (exact) mass is 402 g/mol. The average molecular weight is 402 g/mol. The number of carbonyl (C=O) groups is 2. The van der Waals surface area contributed by atoms with Crippen LogP contribution in [0.25, 0.3) is 0 Å². The predicted octanol–water partition coefficient (Wildman–Crippen LogP) is 3.58. The molecule has 1 atom stereocenters. The summed E-state index contributed by atoms with van der Waals surface area (Å²) in [6.45, 7) is 5.74. The van der Waals surface area contributed by atoms with Crippen molar-refractivity contribution in [2.45, 2.75) is 26.9 Å². The molecule has 0 fully saturated rings. The molecule has 2 aromatic rings. The molecule has 0 saturated heterocycles. The summed E-state index contributed by atoms with van der Waals surface area (Å²) in [4.78, 5) is 35.1. The van der Waals surface area contributed by atoms with Crippen LogP contribution in [0.1, 0.15) is 31.1 Å². The first-order chi connectivity index (χ1) is 13.8. The van der Waals surface area contributed by atoms with Crippen molar-refractivity contribution in [1.29, 1.82) is 0 Å². The second kappa shape index (κ2) is 10.1. The summed E-state index contributed by atoms with van der Waals surface area (Å²) in [6.07, 6.45) is -1.11. The van der Waals surface area contributed by atoms with Crippen molar-refractivity contribution in [2.24, 2.45) is 0 Å². The zero-order valence-corrected chi connectivity index (χ0v) is 16.3. The molecule has 0 aliphatic heterocycles. The van der Waals surface area contributed by atoms with Gasteiger partial charge in [-0.2, -0.15) is 0 Å². The maximum Gasteiger partial charge on any atom is 0.339 e. The first-order valence-electron chi connectivity index (χ1n) is 9.01. The minimum atomic E-state index is -1.11. The van der Waals surface area contributed by atoms with Crippen molar-refractivity contribution in [1.82, 2.24) is 0 Å². The number of nitrogens with one attached hydrogen (secondary N) is 1. The molecule has 0 aliphatic rings. The second-order valence-electron chi connectivity index (χ2n) is 5.87. The Kier molecular flexibility index (Phi) is 7.53. The molecular formula is C20H22N2O7. The fraction of sp³-hybridized carbons (Fsp3) is 0.300. The SMILES string of the molecule is CCOc1ccc(NC(=O)[C@H](C)OC(=O)c2ccc(OCC)c([N+](=O)[O-])c2)cc1. The van der Waals surface area contributed by atoms with Gasteiger partial charge in [0.2, 0.25) is 0 Å². The number of carbonyl (C=O) groups excluding carboxylic acids is 2. The van der Waals surface area contributed by atoms with Crippen LogP contribution in [0.3, 0.4) is 0 Å². The highest BCUT2D eigenvalue weighted by molar-refractivity contribution is 5.97. The third kappa shape index (κ3) is 5.93. The highest BCUT2D eigenvalue weighted by atomic mass is 16.6. The van der Waals surface area contributed by atoms with Crippen LogP contribution in [0.2, 0.25) is 0 Å². The van der Waals surface area contributed by atoms with Gasteiger partial charge in [-0.15, -0.1) is 0 Å². The van der Waals surface area contributed by atoms with Crippen molar-refractivity contribution in [2.75, 3.05) is 18.5 Å². The molecule has 0 spiro atoms. The van der Waals surface area contributed by atoms with Crippen molar-refractivity contribution in [3.05, 3.63) is 58.1 Å². The van der Waals surface area contributed by atoms with Gasteiger partial charge in [0, 0.05) is 11.8 Å². The van der Waals surface area contributed by atoms with Crippen LogP contribution in [0.5, 0.6) is 11.5 Å². The third-order valence-corrected chi connectivity index (χ3v) is 3.78. The smallest absolute Gasteiger partial charge is 0.339 e. The zero-order chi connectivity index (χ0) is 21.4. The van der Waals surface area contributed by atoms with Crippen molar-refractivity contribution in [3.8, 4) is 11.5 Å². The molecule has 2 rings (SSSR count). The lowest BCUT2D eigenvalue weighted by atomic mass is 10.2. The number of hydrogen-bond donors (Lipinski definition) is 1. The first-order valence-corrected chi connectivity index (χ1v) is 9.01. The van der Waals surface area contributed by atoms with Gasteiger partial charge >= 0.3 is 11.7 Å². The van der Waals surface area contributed by atoms with Crippen molar-refractivity contribution in [3.63, 3.8) is 0 Å². The van der Waals surface area contributed by atoms with Crippen LogP contribution in [0.15, 0.2) is 42.5 Å².